The van der Waals surface area contributed by atoms with E-state index < -0.39 is 23.9 Å². The molecule has 0 fully saturated rings. The molecule has 128 valence electrons. The molecule has 0 atom stereocenters. The van der Waals surface area contributed by atoms with Crippen LogP contribution in [0.1, 0.15) is 18.1 Å². The highest BCUT2D eigenvalue weighted by atomic mass is 32.3. The molecule has 2 rings (SSSR count). The summed E-state index contributed by atoms with van der Waals surface area (Å²) >= 11 is 0. The molecule has 0 amide bonds. The number of benzene rings is 2. The summed E-state index contributed by atoms with van der Waals surface area (Å²) in [6.45, 7) is 4.34. The largest absolute Gasteiger partial charge is 0.286 e. The molecule has 2 aromatic rings. The second kappa shape index (κ2) is 6.10. The third-order valence-electron chi connectivity index (χ3n) is 3.80. The van der Waals surface area contributed by atoms with E-state index in [1.54, 1.807) is 26.0 Å². The Morgan fingerprint density at radius 2 is 1.21 bits per heavy atom. The third kappa shape index (κ3) is 2.76. The Morgan fingerprint density at radius 3 is 1.50 bits per heavy atom. The van der Waals surface area contributed by atoms with Crippen molar-refractivity contribution >= 4 is 19.7 Å². The van der Waals surface area contributed by atoms with E-state index in [-0.39, 0.29) is 9.79 Å². The molecule has 0 saturated carbocycles. The number of aryl methyl sites for hydroxylation is 2. The molecule has 0 heterocycles. The van der Waals surface area contributed by atoms with Crippen LogP contribution in [0.5, 0.6) is 0 Å². The first-order valence-corrected chi connectivity index (χ1v) is 10.0. The number of rotatable bonds is 5. The van der Waals surface area contributed by atoms with Gasteiger partial charge in [-0.05, 0) is 56.2 Å². The normalized spacial score (nSPS) is 12.8. The number of hydrogen-bond donors (Lipinski definition) is 1. The number of sulfone groups is 2. The molecule has 0 unspecified atom stereocenters. The van der Waals surface area contributed by atoms with Crippen LogP contribution < -0.4 is 0 Å². The van der Waals surface area contributed by atoms with E-state index in [0.29, 0.717) is 11.1 Å². The van der Waals surface area contributed by atoms with Gasteiger partial charge in [0.05, 0.1) is 9.79 Å². The number of nitrogens with zero attached hydrogens (tertiary/aromatic N) is 1. The van der Waals surface area contributed by atoms with Gasteiger partial charge in [-0.1, -0.05) is 24.3 Å². The minimum Gasteiger partial charge on any atom is -0.220 e. The molecule has 1 N–H and O–H groups in total. The second-order valence-corrected chi connectivity index (χ2v) is 10.5. The Hall–Kier alpha value is -2.06. The van der Waals surface area contributed by atoms with Crippen molar-refractivity contribution in [3.05, 3.63) is 59.7 Å². The number of hydrogen-bond acceptors (Lipinski definition) is 6. The maximum atomic E-state index is 12.9. The van der Waals surface area contributed by atoms with Gasteiger partial charge >= 0.3 is 0 Å². The minimum absolute atomic E-state index is 0.183. The fraction of sp³-hybridized carbons (Fsp3) is 0.250. The van der Waals surface area contributed by atoms with Gasteiger partial charge in [-0.15, -0.1) is 0 Å². The molecule has 0 bridgehead atoms. The summed E-state index contributed by atoms with van der Waals surface area (Å²) in [6, 6.07) is 11.8. The van der Waals surface area contributed by atoms with Crippen molar-refractivity contribution in [3.8, 4) is 0 Å². The van der Waals surface area contributed by atoms with Crippen molar-refractivity contribution in [1.82, 2.24) is 0 Å². The van der Waals surface area contributed by atoms with Crippen molar-refractivity contribution in [3.63, 3.8) is 0 Å². The molecule has 0 aliphatic heterocycles. The lowest BCUT2D eigenvalue weighted by atomic mass is 10.2. The molecule has 0 aliphatic carbocycles. The van der Waals surface area contributed by atoms with Gasteiger partial charge in [0.2, 0.25) is 19.7 Å². The summed E-state index contributed by atoms with van der Waals surface area (Å²) in [5, 5.41) is 3.05. The van der Waals surface area contributed by atoms with Crippen LogP contribution in [0.15, 0.2) is 63.4 Å². The maximum Gasteiger partial charge on any atom is 0.286 e. The molecular weight excluding hydrogens is 348 g/mol. The highest BCUT2D eigenvalue weighted by Gasteiger charge is 2.53. The van der Waals surface area contributed by atoms with Gasteiger partial charge in [-0.25, -0.2) is 22.4 Å². The van der Waals surface area contributed by atoms with Crippen LogP contribution in [-0.2, 0) is 19.7 Å². The van der Waals surface area contributed by atoms with E-state index in [9.17, 15) is 16.8 Å². The Labute approximate surface area is 141 Å². The monoisotopic (exact) mass is 366 g/mol. The molecular formula is C16H18N2O4S2. The van der Waals surface area contributed by atoms with Gasteiger partial charge in [0.25, 0.3) is 4.20 Å². The third-order valence-corrected chi connectivity index (χ3v) is 9.04. The summed E-state index contributed by atoms with van der Waals surface area (Å²) in [6.07, 6.45) is 0. The number of nitrogens with one attached hydrogen (secondary N) is 1. The lowest BCUT2D eigenvalue weighted by molar-refractivity contribution is 0.542. The fourth-order valence-electron chi connectivity index (χ4n) is 2.27. The molecule has 24 heavy (non-hydrogen) atoms. The first-order chi connectivity index (χ1) is 11.1. The van der Waals surface area contributed by atoms with Gasteiger partial charge in [0.1, 0.15) is 0 Å². The summed E-state index contributed by atoms with van der Waals surface area (Å²) in [5.74, 6) is 0. The van der Waals surface area contributed by atoms with Crippen LogP contribution in [0.25, 0.3) is 0 Å². The lowest BCUT2D eigenvalue weighted by Gasteiger charge is -2.24. The molecule has 0 spiro atoms. The summed E-state index contributed by atoms with van der Waals surface area (Å²) in [5.41, 5.74) is 8.67. The maximum absolute atomic E-state index is 12.9. The quantitative estimate of drug-likeness (QED) is 0.820. The zero-order valence-corrected chi connectivity index (χ0v) is 15.1. The van der Waals surface area contributed by atoms with Gasteiger partial charge in [0, 0.05) is 0 Å². The molecule has 0 saturated heterocycles. The van der Waals surface area contributed by atoms with Crippen LogP contribution in [-0.4, -0.2) is 21.0 Å². The molecule has 6 nitrogen and oxygen atoms in total. The van der Waals surface area contributed by atoms with Crippen LogP contribution >= 0.6 is 0 Å². The molecule has 2 aromatic carbocycles. The molecule has 0 aromatic heterocycles. The zero-order valence-electron chi connectivity index (χ0n) is 13.5. The summed E-state index contributed by atoms with van der Waals surface area (Å²) in [4.78, 5) is -0.366. The van der Waals surface area contributed by atoms with Crippen LogP contribution in [0, 0.1) is 19.4 Å². The Morgan fingerprint density at radius 1 is 0.833 bits per heavy atom. The van der Waals surface area contributed by atoms with Crippen molar-refractivity contribution < 1.29 is 16.8 Å². The van der Waals surface area contributed by atoms with Gasteiger partial charge in [-0.3, -0.25) is 0 Å². The average molecular weight is 366 g/mol. The van der Waals surface area contributed by atoms with E-state index >= 15 is 0 Å². The van der Waals surface area contributed by atoms with E-state index in [0.717, 1.165) is 6.92 Å². The molecule has 0 aliphatic rings. The fourth-order valence-corrected chi connectivity index (χ4v) is 6.31. The van der Waals surface area contributed by atoms with Gasteiger partial charge < -0.3 is 0 Å². The summed E-state index contributed by atoms with van der Waals surface area (Å²) < 4.78 is 49.2. The smallest absolute Gasteiger partial charge is 0.220 e. The topological polar surface area (TPSA) is 104 Å². The van der Waals surface area contributed by atoms with E-state index in [1.165, 1.54) is 36.4 Å². The molecule has 0 radical (unpaired) electrons. The Balaban J connectivity index is 2.74. The molecule has 8 heteroatoms. The summed E-state index contributed by atoms with van der Waals surface area (Å²) in [7, 11) is -8.87. The predicted molar refractivity (Wildman–Crippen MR) is 90.3 cm³/mol. The van der Waals surface area contributed by atoms with Gasteiger partial charge in [0.15, 0.2) is 0 Å². The lowest BCUT2D eigenvalue weighted by Crippen LogP contribution is -2.41. The standard InChI is InChI=1S/C16H18N2O4S2/c1-12-6-4-8-14(10-12)23(19,20)16(3,18-17)24(21,22)15-9-5-7-13(2)11-15/h4-11,17H,1-3H3. The Bertz CT molecular complexity index is 921. The van der Waals surface area contributed by atoms with Gasteiger partial charge in [-0.2, -0.15) is 5.11 Å². The SMILES string of the molecule is Cc1cccc(S(=O)(=O)C(C)(N=N)S(=O)(=O)c2cccc(C)c2)c1. The van der Waals surface area contributed by atoms with E-state index in [1.807, 2.05) is 0 Å². The van der Waals surface area contributed by atoms with Crippen molar-refractivity contribution in [2.75, 3.05) is 0 Å². The van der Waals surface area contributed by atoms with E-state index in [2.05, 4.69) is 5.11 Å². The van der Waals surface area contributed by atoms with Crippen LogP contribution in [0.2, 0.25) is 0 Å². The first-order valence-electron chi connectivity index (χ1n) is 7.07. The zero-order chi connectivity index (χ0) is 18.2. The average Bonchev–Trinajstić information content (AvgIpc) is 2.53. The van der Waals surface area contributed by atoms with E-state index in [4.69, 9.17) is 5.53 Å². The van der Waals surface area contributed by atoms with Crippen molar-refractivity contribution in [2.24, 2.45) is 5.11 Å². The predicted octanol–water partition coefficient (Wildman–Crippen LogP) is 3.26. The minimum atomic E-state index is -4.43. The van der Waals surface area contributed by atoms with Crippen LogP contribution in [0.4, 0.5) is 0 Å². The van der Waals surface area contributed by atoms with Crippen molar-refractivity contribution in [1.29, 1.82) is 5.53 Å². The Kier molecular flexibility index (Phi) is 4.65. The highest BCUT2D eigenvalue weighted by molar-refractivity contribution is 8.10. The highest BCUT2D eigenvalue weighted by Crippen LogP contribution is 2.36. The first kappa shape index (κ1) is 18.3. The van der Waals surface area contributed by atoms with Crippen molar-refractivity contribution in [2.45, 2.75) is 34.8 Å². The second-order valence-electron chi connectivity index (χ2n) is 5.65. The van der Waals surface area contributed by atoms with Crippen LogP contribution in [0.3, 0.4) is 0 Å².